The summed E-state index contributed by atoms with van der Waals surface area (Å²) in [6, 6.07) is 9.64. The van der Waals surface area contributed by atoms with Crippen LogP contribution in [0.3, 0.4) is 0 Å². The summed E-state index contributed by atoms with van der Waals surface area (Å²) in [4.78, 5) is 16.8. The molecule has 6 heteroatoms. The minimum atomic E-state index is -0.368. The lowest BCUT2D eigenvalue weighted by Gasteiger charge is -2.14. The minimum Gasteiger partial charge on any atom is -0.345 e. The van der Waals surface area contributed by atoms with E-state index < -0.39 is 0 Å². The van der Waals surface area contributed by atoms with Crippen molar-refractivity contribution in [2.45, 2.75) is 19.9 Å². The van der Waals surface area contributed by atoms with Gasteiger partial charge < -0.3 is 5.32 Å². The Morgan fingerprint density at radius 2 is 2.08 bits per heavy atom. The summed E-state index contributed by atoms with van der Waals surface area (Å²) in [5, 5.41) is 9.59. The molecule has 0 aliphatic rings. The van der Waals surface area contributed by atoms with Crippen LogP contribution in [0.1, 0.15) is 34.6 Å². The number of nitrogens with zero attached hydrogens (tertiary/aromatic N) is 2. The first-order valence-corrected chi connectivity index (χ1v) is 7.57. The van der Waals surface area contributed by atoms with E-state index in [1.165, 1.54) is 18.3 Å². The van der Waals surface area contributed by atoms with Crippen LogP contribution in [0.15, 0.2) is 48.8 Å². The number of carbonyl (C=O) groups excluding carboxylic acids is 1. The Morgan fingerprint density at radius 3 is 2.79 bits per heavy atom. The molecule has 3 aromatic rings. The first kappa shape index (κ1) is 15.9. The summed E-state index contributed by atoms with van der Waals surface area (Å²) in [6.07, 6.45) is 3.18. The molecule has 0 radical (unpaired) electrons. The van der Waals surface area contributed by atoms with E-state index in [-0.39, 0.29) is 17.8 Å². The van der Waals surface area contributed by atoms with E-state index >= 15 is 0 Å². The molecule has 0 aliphatic heterocycles. The maximum Gasteiger partial charge on any atom is 0.255 e. The molecular formula is C18H17FN4O. The van der Waals surface area contributed by atoms with Gasteiger partial charge in [-0.1, -0.05) is 18.2 Å². The maximum absolute atomic E-state index is 13.4. The van der Waals surface area contributed by atoms with Crippen molar-refractivity contribution in [3.05, 3.63) is 71.4 Å². The number of pyridine rings is 1. The molecule has 0 spiro atoms. The Balaban J connectivity index is 1.81. The molecule has 2 heterocycles. The summed E-state index contributed by atoms with van der Waals surface area (Å²) in [7, 11) is 0. The SMILES string of the molecule is Cc1ccc([C@H](C)NC(=O)c2cn[nH]c2-c2cccc(F)c2)cn1. The Labute approximate surface area is 138 Å². The van der Waals surface area contributed by atoms with Crippen LogP contribution in [0.2, 0.25) is 0 Å². The lowest BCUT2D eigenvalue weighted by atomic mass is 10.1. The van der Waals surface area contributed by atoms with Gasteiger partial charge in [-0.2, -0.15) is 5.10 Å². The van der Waals surface area contributed by atoms with Crippen molar-refractivity contribution in [3.8, 4) is 11.3 Å². The predicted molar refractivity (Wildman–Crippen MR) is 88.8 cm³/mol. The van der Waals surface area contributed by atoms with Crippen LogP contribution in [0.5, 0.6) is 0 Å². The van der Waals surface area contributed by atoms with Gasteiger partial charge in [-0.15, -0.1) is 0 Å². The Morgan fingerprint density at radius 1 is 1.25 bits per heavy atom. The van der Waals surface area contributed by atoms with Gasteiger partial charge in [0, 0.05) is 17.5 Å². The van der Waals surface area contributed by atoms with Crippen LogP contribution in [0, 0.1) is 12.7 Å². The second-order valence-corrected chi connectivity index (χ2v) is 5.60. The van der Waals surface area contributed by atoms with Crippen LogP contribution >= 0.6 is 0 Å². The summed E-state index contributed by atoms with van der Waals surface area (Å²) < 4.78 is 13.4. The third-order valence-corrected chi connectivity index (χ3v) is 3.78. The molecule has 0 bridgehead atoms. The van der Waals surface area contributed by atoms with Gasteiger partial charge in [0.1, 0.15) is 5.82 Å². The average molecular weight is 324 g/mol. The van der Waals surface area contributed by atoms with Crippen LogP contribution in [-0.2, 0) is 0 Å². The molecule has 24 heavy (non-hydrogen) atoms. The molecule has 1 atom stereocenters. The number of carbonyl (C=O) groups is 1. The van der Waals surface area contributed by atoms with E-state index in [9.17, 15) is 9.18 Å². The van der Waals surface area contributed by atoms with Gasteiger partial charge in [-0.3, -0.25) is 14.9 Å². The summed E-state index contributed by atoms with van der Waals surface area (Å²) in [6.45, 7) is 3.79. The zero-order chi connectivity index (χ0) is 17.1. The summed E-state index contributed by atoms with van der Waals surface area (Å²) in [5.74, 6) is -0.649. The summed E-state index contributed by atoms with van der Waals surface area (Å²) in [5.41, 5.74) is 3.25. The lowest BCUT2D eigenvalue weighted by molar-refractivity contribution is 0.0940. The van der Waals surface area contributed by atoms with E-state index in [1.807, 2.05) is 26.0 Å². The molecule has 1 aromatic carbocycles. The van der Waals surface area contributed by atoms with Gasteiger partial charge in [0.05, 0.1) is 23.5 Å². The summed E-state index contributed by atoms with van der Waals surface area (Å²) >= 11 is 0. The molecule has 122 valence electrons. The van der Waals surface area contributed by atoms with Crippen molar-refractivity contribution in [1.82, 2.24) is 20.5 Å². The molecule has 0 aliphatic carbocycles. The number of hydrogen-bond acceptors (Lipinski definition) is 3. The van der Waals surface area contributed by atoms with Crippen molar-refractivity contribution in [2.75, 3.05) is 0 Å². The van der Waals surface area contributed by atoms with Crippen LogP contribution < -0.4 is 5.32 Å². The van der Waals surface area contributed by atoms with Crippen molar-refractivity contribution in [1.29, 1.82) is 0 Å². The second kappa shape index (κ2) is 6.62. The molecule has 3 rings (SSSR count). The molecule has 0 saturated heterocycles. The highest BCUT2D eigenvalue weighted by atomic mass is 19.1. The number of amides is 1. The molecular weight excluding hydrogens is 307 g/mol. The Hall–Kier alpha value is -3.02. The first-order valence-electron chi connectivity index (χ1n) is 7.57. The van der Waals surface area contributed by atoms with E-state index in [4.69, 9.17) is 0 Å². The third-order valence-electron chi connectivity index (χ3n) is 3.78. The number of halogens is 1. The lowest BCUT2D eigenvalue weighted by Crippen LogP contribution is -2.26. The standard InChI is InChI=1S/C18H17FN4O/c1-11-6-7-14(9-20-11)12(2)22-18(24)16-10-21-23-17(16)13-4-3-5-15(19)8-13/h3-10,12H,1-2H3,(H,21,23)(H,22,24)/t12-/m0/s1. The van der Waals surface area contributed by atoms with Gasteiger partial charge in [-0.05, 0) is 37.6 Å². The number of aryl methyl sites for hydroxylation is 1. The molecule has 0 unspecified atom stereocenters. The normalized spacial score (nSPS) is 12.0. The first-order chi connectivity index (χ1) is 11.5. The number of H-pyrrole nitrogens is 1. The van der Waals surface area contributed by atoms with Crippen molar-refractivity contribution < 1.29 is 9.18 Å². The van der Waals surface area contributed by atoms with Gasteiger partial charge in [0.2, 0.25) is 0 Å². The molecule has 0 saturated carbocycles. The second-order valence-electron chi connectivity index (χ2n) is 5.60. The van der Waals surface area contributed by atoms with Crippen LogP contribution in [0.4, 0.5) is 4.39 Å². The Bertz CT molecular complexity index is 857. The molecule has 2 aromatic heterocycles. The van der Waals surface area contributed by atoms with Crippen molar-refractivity contribution in [3.63, 3.8) is 0 Å². The predicted octanol–water partition coefficient (Wildman–Crippen LogP) is 3.41. The number of rotatable bonds is 4. The maximum atomic E-state index is 13.4. The quantitative estimate of drug-likeness (QED) is 0.772. The van der Waals surface area contributed by atoms with Gasteiger partial charge >= 0.3 is 0 Å². The number of aromatic nitrogens is 3. The number of nitrogens with one attached hydrogen (secondary N) is 2. The molecule has 2 N–H and O–H groups in total. The highest BCUT2D eigenvalue weighted by Gasteiger charge is 2.18. The smallest absolute Gasteiger partial charge is 0.255 e. The Kier molecular flexibility index (Phi) is 4.37. The van der Waals surface area contributed by atoms with Gasteiger partial charge in [0.25, 0.3) is 5.91 Å². The number of hydrogen-bond donors (Lipinski definition) is 2. The highest BCUT2D eigenvalue weighted by molar-refractivity contribution is 5.99. The zero-order valence-corrected chi connectivity index (χ0v) is 13.4. The fourth-order valence-corrected chi connectivity index (χ4v) is 2.42. The van der Waals surface area contributed by atoms with E-state index in [1.54, 1.807) is 18.3 Å². The number of benzene rings is 1. The number of aromatic amines is 1. The monoisotopic (exact) mass is 324 g/mol. The van der Waals surface area contributed by atoms with Crippen LogP contribution in [0.25, 0.3) is 11.3 Å². The van der Waals surface area contributed by atoms with Gasteiger partial charge in [-0.25, -0.2) is 4.39 Å². The van der Waals surface area contributed by atoms with Crippen molar-refractivity contribution >= 4 is 5.91 Å². The fourth-order valence-electron chi connectivity index (χ4n) is 2.42. The van der Waals surface area contributed by atoms with E-state index in [0.717, 1.165) is 11.3 Å². The topological polar surface area (TPSA) is 70.7 Å². The van der Waals surface area contributed by atoms with Gasteiger partial charge in [0.15, 0.2) is 0 Å². The zero-order valence-electron chi connectivity index (χ0n) is 13.4. The third kappa shape index (κ3) is 3.32. The fraction of sp³-hybridized carbons (Fsp3) is 0.167. The largest absolute Gasteiger partial charge is 0.345 e. The molecule has 1 amide bonds. The minimum absolute atomic E-state index is 0.208. The van der Waals surface area contributed by atoms with E-state index in [0.29, 0.717) is 16.8 Å². The van der Waals surface area contributed by atoms with E-state index in [2.05, 4.69) is 20.5 Å². The van der Waals surface area contributed by atoms with Crippen LogP contribution in [-0.4, -0.2) is 21.1 Å². The van der Waals surface area contributed by atoms with Crippen molar-refractivity contribution in [2.24, 2.45) is 0 Å². The average Bonchev–Trinajstić information content (AvgIpc) is 3.05. The molecule has 0 fully saturated rings. The molecule has 5 nitrogen and oxygen atoms in total. The highest BCUT2D eigenvalue weighted by Crippen LogP contribution is 2.22.